The monoisotopic (exact) mass is 364 g/mol. The summed E-state index contributed by atoms with van der Waals surface area (Å²) in [6.07, 6.45) is 0.00287. The number of aliphatic hydroxyl groups is 2. The van der Waals surface area contributed by atoms with Crippen molar-refractivity contribution in [3.05, 3.63) is 58.9 Å². The van der Waals surface area contributed by atoms with E-state index >= 15 is 0 Å². The topological polar surface area (TPSA) is 74.5 Å². The van der Waals surface area contributed by atoms with E-state index in [9.17, 15) is 15.0 Å². The number of benzene rings is 1. The van der Waals surface area contributed by atoms with Crippen LogP contribution in [0.15, 0.2) is 36.4 Å². The van der Waals surface area contributed by atoms with E-state index < -0.39 is 6.10 Å². The second-order valence-electron chi connectivity index (χ2n) is 6.25. The molecular formula is C22H24N2O3. The van der Waals surface area contributed by atoms with Crippen LogP contribution in [-0.2, 0) is 13.7 Å². The number of nitrogens with zero attached hydrogens (tertiary/aromatic N) is 1. The molecule has 0 bridgehead atoms. The fourth-order valence-electron chi connectivity index (χ4n) is 2.51. The Morgan fingerprint density at radius 3 is 2.63 bits per heavy atom. The van der Waals surface area contributed by atoms with Crippen molar-refractivity contribution in [3.63, 3.8) is 0 Å². The molecule has 1 aromatic heterocycles. The highest BCUT2D eigenvalue weighted by Crippen LogP contribution is 2.07. The van der Waals surface area contributed by atoms with Crippen LogP contribution < -0.4 is 5.32 Å². The van der Waals surface area contributed by atoms with Crippen LogP contribution in [0, 0.1) is 23.7 Å². The first-order valence-corrected chi connectivity index (χ1v) is 8.82. The van der Waals surface area contributed by atoms with Gasteiger partial charge in [0, 0.05) is 23.9 Å². The largest absolute Gasteiger partial charge is 0.391 e. The second-order valence-corrected chi connectivity index (χ2v) is 6.25. The molecule has 0 saturated carbocycles. The number of carbonyl (C=O) groups is 1. The fraction of sp³-hybridized carbons (Fsp3) is 0.318. The van der Waals surface area contributed by atoms with Gasteiger partial charge in [-0.05, 0) is 61.4 Å². The Labute approximate surface area is 160 Å². The molecule has 0 aliphatic heterocycles. The van der Waals surface area contributed by atoms with Crippen molar-refractivity contribution >= 4 is 5.91 Å². The molecule has 1 heterocycles. The molecule has 3 N–H and O–H groups in total. The Morgan fingerprint density at radius 1 is 1.22 bits per heavy atom. The maximum Gasteiger partial charge on any atom is 0.251 e. The van der Waals surface area contributed by atoms with Gasteiger partial charge in [-0.15, -0.1) is 0 Å². The molecule has 0 spiro atoms. The molecule has 0 aliphatic carbocycles. The molecule has 0 aliphatic rings. The summed E-state index contributed by atoms with van der Waals surface area (Å²) in [6.45, 7) is 3.61. The van der Waals surface area contributed by atoms with Crippen molar-refractivity contribution in [2.45, 2.75) is 39.0 Å². The van der Waals surface area contributed by atoms with Gasteiger partial charge in [0.2, 0.25) is 0 Å². The highest BCUT2D eigenvalue weighted by molar-refractivity contribution is 5.94. The Bertz CT molecular complexity index is 922. The predicted octanol–water partition coefficient (Wildman–Crippen LogP) is 1.81. The van der Waals surface area contributed by atoms with Crippen LogP contribution in [0.2, 0.25) is 0 Å². The number of hydrogen-bond donors (Lipinski definition) is 3. The van der Waals surface area contributed by atoms with Gasteiger partial charge in [-0.25, -0.2) is 0 Å². The number of aliphatic hydroxyl groups excluding tert-OH is 2. The zero-order chi connectivity index (χ0) is 19.8. The molecule has 140 valence electrons. The number of carbonyl (C=O) groups excluding carboxylic acids is 1. The van der Waals surface area contributed by atoms with E-state index in [4.69, 9.17) is 0 Å². The second kappa shape index (κ2) is 9.64. The van der Waals surface area contributed by atoms with Gasteiger partial charge in [0.05, 0.1) is 24.4 Å². The van der Waals surface area contributed by atoms with E-state index in [0.717, 1.165) is 11.4 Å². The quantitative estimate of drug-likeness (QED) is 0.709. The van der Waals surface area contributed by atoms with E-state index in [1.807, 2.05) is 36.7 Å². The summed E-state index contributed by atoms with van der Waals surface area (Å²) >= 11 is 0. The smallest absolute Gasteiger partial charge is 0.251 e. The lowest BCUT2D eigenvalue weighted by molar-refractivity contribution is 0.0846. The normalized spacial score (nSPS) is 12.2. The SMILES string of the molecule is CC[C@@H](O)[C@@H](C)NC(=O)c1cccc(C#CC#Cc2ccc(CO)n2C)c1. The Kier molecular flexibility index (Phi) is 7.25. The van der Waals surface area contributed by atoms with Gasteiger partial charge in [0.1, 0.15) is 0 Å². The summed E-state index contributed by atoms with van der Waals surface area (Å²) in [4.78, 5) is 12.3. The summed E-state index contributed by atoms with van der Waals surface area (Å²) in [5.74, 6) is 11.2. The molecule has 0 unspecified atom stereocenters. The number of nitrogens with one attached hydrogen (secondary N) is 1. The lowest BCUT2D eigenvalue weighted by Crippen LogP contribution is -2.40. The van der Waals surface area contributed by atoms with Gasteiger partial charge in [-0.1, -0.05) is 18.9 Å². The van der Waals surface area contributed by atoms with Crippen molar-refractivity contribution in [1.82, 2.24) is 9.88 Å². The lowest BCUT2D eigenvalue weighted by atomic mass is 10.1. The zero-order valence-corrected chi connectivity index (χ0v) is 15.8. The van der Waals surface area contributed by atoms with Crippen LogP contribution in [0.4, 0.5) is 0 Å². The maximum absolute atomic E-state index is 12.3. The van der Waals surface area contributed by atoms with E-state index in [0.29, 0.717) is 17.5 Å². The van der Waals surface area contributed by atoms with Gasteiger partial charge < -0.3 is 20.1 Å². The molecular weight excluding hydrogens is 340 g/mol. The molecule has 2 atom stereocenters. The third-order valence-electron chi connectivity index (χ3n) is 4.33. The van der Waals surface area contributed by atoms with Crippen LogP contribution in [0.3, 0.4) is 0 Å². The molecule has 5 nitrogen and oxygen atoms in total. The summed E-state index contributed by atoms with van der Waals surface area (Å²) in [5, 5.41) is 21.7. The van der Waals surface area contributed by atoms with Gasteiger partial charge in [0.25, 0.3) is 5.91 Å². The molecule has 0 radical (unpaired) electrons. The maximum atomic E-state index is 12.3. The molecule has 2 rings (SSSR count). The Balaban J connectivity index is 2.09. The molecule has 1 aromatic carbocycles. The highest BCUT2D eigenvalue weighted by atomic mass is 16.3. The molecule has 27 heavy (non-hydrogen) atoms. The van der Waals surface area contributed by atoms with E-state index in [1.54, 1.807) is 25.1 Å². The molecule has 5 heteroatoms. The van der Waals surface area contributed by atoms with Crippen LogP contribution in [0.25, 0.3) is 0 Å². The van der Waals surface area contributed by atoms with Crippen molar-refractivity contribution in [2.75, 3.05) is 0 Å². The minimum atomic E-state index is -0.573. The first-order chi connectivity index (χ1) is 13.0. The number of hydrogen-bond acceptors (Lipinski definition) is 3. The molecule has 0 fully saturated rings. The summed E-state index contributed by atoms with van der Waals surface area (Å²) in [6, 6.07) is 10.3. The van der Waals surface area contributed by atoms with Crippen molar-refractivity contribution in [2.24, 2.45) is 7.05 Å². The Morgan fingerprint density at radius 2 is 1.96 bits per heavy atom. The number of aromatic nitrogens is 1. The highest BCUT2D eigenvalue weighted by Gasteiger charge is 2.15. The molecule has 0 saturated heterocycles. The average Bonchev–Trinajstić information content (AvgIpc) is 3.04. The van der Waals surface area contributed by atoms with Gasteiger partial charge in [-0.3, -0.25) is 4.79 Å². The van der Waals surface area contributed by atoms with Crippen molar-refractivity contribution in [1.29, 1.82) is 0 Å². The van der Waals surface area contributed by atoms with E-state index in [-0.39, 0.29) is 18.6 Å². The summed E-state index contributed by atoms with van der Waals surface area (Å²) < 4.78 is 1.81. The molecule has 2 aromatic rings. The van der Waals surface area contributed by atoms with Gasteiger partial charge >= 0.3 is 0 Å². The summed E-state index contributed by atoms with van der Waals surface area (Å²) in [5.41, 5.74) is 2.72. The standard InChI is InChI=1S/C22H24N2O3/c1-4-21(26)16(2)23-22(27)18-10-7-9-17(14-18)8-5-6-11-19-12-13-20(15-25)24(19)3/h7,9-10,12-14,16,21,25-26H,4,15H2,1-3H3,(H,23,27)/t16-,21-/m1/s1. The third-order valence-corrected chi connectivity index (χ3v) is 4.33. The van der Waals surface area contributed by atoms with Crippen LogP contribution in [-0.4, -0.2) is 32.8 Å². The molecule has 1 amide bonds. The van der Waals surface area contributed by atoms with Gasteiger partial charge in [-0.2, -0.15) is 0 Å². The minimum absolute atomic E-state index is 0.0351. The van der Waals surface area contributed by atoms with Crippen molar-refractivity contribution < 1.29 is 15.0 Å². The van der Waals surface area contributed by atoms with Crippen LogP contribution in [0.1, 0.15) is 47.6 Å². The first-order valence-electron chi connectivity index (χ1n) is 8.82. The fourth-order valence-corrected chi connectivity index (χ4v) is 2.51. The van der Waals surface area contributed by atoms with Crippen molar-refractivity contribution in [3.8, 4) is 23.7 Å². The number of amides is 1. The lowest BCUT2D eigenvalue weighted by Gasteiger charge is -2.18. The van der Waals surface area contributed by atoms with E-state index in [2.05, 4.69) is 29.0 Å². The number of rotatable bonds is 5. The summed E-state index contributed by atoms with van der Waals surface area (Å²) in [7, 11) is 1.83. The third kappa shape index (κ3) is 5.49. The Hall–Kier alpha value is -2.99. The first kappa shape index (κ1) is 20.3. The van der Waals surface area contributed by atoms with E-state index in [1.165, 1.54) is 0 Å². The average molecular weight is 364 g/mol. The minimum Gasteiger partial charge on any atom is -0.391 e. The van der Waals surface area contributed by atoms with Gasteiger partial charge in [0.15, 0.2) is 0 Å². The zero-order valence-electron chi connectivity index (χ0n) is 15.8. The predicted molar refractivity (Wildman–Crippen MR) is 105 cm³/mol. The van der Waals surface area contributed by atoms with Crippen LogP contribution in [0.5, 0.6) is 0 Å². The van der Waals surface area contributed by atoms with Crippen LogP contribution >= 0.6 is 0 Å².